The van der Waals surface area contributed by atoms with Gasteiger partial charge in [0.1, 0.15) is 0 Å². The van der Waals surface area contributed by atoms with Crippen LogP contribution in [0.5, 0.6) is 0 Å². The number of alkyl halides is 3. The van der Waals surface area contributed by atoms with E-state index in [1.54, 1.807) is 12.5 Å². The second-order valence-electron chi connectivity index (χ2n) is 5.05. The van der Waals surface area contributed by atoms with Crippen LogP contribution in [0.2, 0.25) is 0 Å². The molecule has 6 heteroatoms. The molecule has 0 atom stereocenters. The largest absolute Gasteiger partial charge is 0.416 e. The van der Waals surface area contributed by atoms with Crippen LogP contribution in [-0.4, -0.2) is 16.5 Å². The molecule has 0 fully saturated rings. The molecule has 0 amide bonds. The average molecular weight is 309 g/mol. The first-order valence-electron chi connectivity index (χ1n) is 7.00. The van der Waals surface area contributed by atoms with Gasteiger partial charge in [0.2, 0.25) is 0 Å². The highest BCUT2D eigenvalue weighted by molar-refractivity contribution is 5.24. The van der Waals surface area contributed by atoms with Crippen molar-refractivity contribution in [3.63, 3.8) is 0 Å². The zero-order valence-electron chi connectivity index (χ0n) is 12.1. The topological polar surface area (TPSA) is 40.7 Å². The zero-order chi connectivity index (χ0) is 16.0. The number of H-pyrrole nitrogens is 1. The van der Waals surface area contributed by atoms with Crippen molar-refractivity contribution >= 4 is 0 Å². The molecule has 0 saturated heterocycles. The number of aromatic amines is 1. The molecule has 1 aromatic heterocycles. The van der Waals surface area contributed by atoms with Gasteiger partial charge < -0.3 is 10.3 Å². The molecule has 22 heavy (non-hydrogen) atoms. The third kappa shape index (κ3) is 4.95. The smallest absolute Gasteiger partial charge is 0.388 e. The molecule has 0 aliphatic carbocycles. The van der Waals surface area contributed by atoms with Gasteiger partial charge in [-0.05, 0) is 37.0 Å². The second kappa shape index (κ2) is 7.15. The Bertz CT molecular complexity index is 586. The third-order valence-electron chi connectivity index (χ3n) is 3.32. The van der Waals surface area contributed by atoms with Crippen LogP contribution >= 0.6 is 0 Å². The first-order valence-corrected chi connectivity index (χ1v) is 7.00. The van der Waals surface area contributed by atoms with Crippen LogP contribution in [0.4, 0.5) is 13.2 Å². The van der Waals surface area contributed by atoms with Gasteiger partial charge in [0.05, 0.1) is 11.9 Å². The van der Waals surface area contributed by atoms with Crippen LogP contribution < -0.4 is 5.32 Å². The Morgan fingerprint density at radius 3 is 2.50 bits per heavy atom. The second-order valence-corrected chi connectivity index (χ2v) is 5.05. The number of halogens is 3. The van der Waals surface area contributed by atoms with Gasteiger partial charge in [0.25, 0.3) is 0 Å². The molecular formula is C16H18F3N3. The maximum Gasteiger partial charge on any atom is 0.416 e. The third-order valence-corrected chi connectivity index (χ3v) is 3.32. The summed E-state index contributed by atoms with van der Waals surface area (Å²) < 4.78 is 37.3. The molecule has 2 rings (SSSR count). The van der Waals surface area contributed by atoms with Gasteiger partial charge in [0.15, 0.2) is 0 Å². The van der Waals surface area contributed by atoms with Crippen LogP contribution in [0.3, 0.4) is 0 Å². The van der Waals surface area contributed by atoms with E-state index in [4.69, 9.17) is 0 Å². The number of aryl methyl sites for hydroxylation is 1. The Kier molecular flexibility index (Phi) is 5.25. The van der Waals surface area contributed by atoms with E-state index >= 15 is 0 Å². The van der Waals surface area contributed by atoms with Crippen LogP contribution in [0.15, 0.2) is 49.1 Å². The van der Waals surface area contributed by atoms with Crippen molar-refractivity contribution in [2.45, 2.75) is 25.4 Å². The lowest BCUT2D eigenvalue weighted by Gasteiger charge is -2.10. The summed E-state index contributed by atoms with van der Waals surface area (Å²) in [6, 6.07) is 5.25. The highest BCUT2D eigenvalue weighted by Gasteiger charge is 2.29. The number of benzene rings is 1. The quantitative estimate of drug-likeness (QED) is 0.818. The number of rotatable bonds is 7. The Hall–Kier alpha value is -2.24. The maximum absolute atomic E-state index is 12.4. The number of imidazole rings is 1. The van der Waals surface area contributed by atoms with Gasteiger partial charge >= 0.3 is 6.18 Å². The van der Waals surface area contributed by atoms with Crippen molar-refractivity contribution in [1.82, 2.24) is 15.3 Å². The molecule has 0 bridgehead atoms. The van der Waals surface area contributed by atoms with Crippen molar-refractivity contribution in [1.29, 1.82) is 0 Å². The molecule has 0 unspecified atom stereocenters. The molecule has 2 N–H and O–H groups in total. The van der Waals surface area contributed by atoms with E-state index in [2.05, 4.69) is 21.9 Å². The van der Waals surface area contributed by atoms with E-state index in [1.807, 2.05) is 0 Å². The predicted molar refractivity (Wildman–Crippen MR) is 79.2 cm³/mol. The fourth-order valence-electron chi connectivity index (χ4n) is 2.04. The fourth-order valence-corrected chi connectivity index (χ4v) is 2.04. The minimum absolute atomic E-state index is 0.617. The standard InChI is InChI=1S/C16H18F3N3/c1-12(2-7-15-10-20-11-22-15)21-9-8-13-3-5-14(6-4-13)16(17,18)19/h3-6,10-11,21H,1-2,7-9H2,(H,20,22). The van der Waals surface area contributed by atoms with Gasteiger partial charge in [-0.15, -0.1) is 0 Å². The van der Waals surface area contributed by atoms with E-state index in [0.29, 0.717) is 13.0 Å². The Morgan fingerprint density at radius 2 is 1.91 bits per heavy atom. The van der Waals surface area contributed by atoms with Gasteiger partial charge in [-0.25, -0.2) is 4.98 Å². The van der Waals surface area contributed by atoms with Crippen molar-refractivity contribution < 1.29 is 13.2 Å². The molecule has 118 valence electrons. The number of aromatic nitrogens is 2. The Balaban J connectivity index is 1.70. The first-order chi connectivity index (χ1) is 10.4. The lowest BCUT2D eigenvalue weighted by atomic mass is 10.1. The maximum atomic E-state index is 12.4. The summed E-state index contributed by atoms with van der Waals surface area (Å²) in [5, 5.41) is 3.19. The van der Waals surface area contributed by atoms with Crippen LogP contribution in [0.1, 0.15) is 23.2 Å². The molecular weight excluding hydrogens is 291 g/mol. The van der Waals surface area contributed by atoms with E-state index in [-0.39, 0.29) is 0 Å². The van der Waals surface area contributed by atoms with E-state index in [1.165, 1.54) is 12.1 Å². The van der Waals surface area contributed by atoms with Crippen molar-refractivity contribution in [3.8, 4) is 0 Å². The number of hydrogen-bond donors (Lipinski definition) is 2. The van der Waals surface area contributed by atoms with Crippen molar-refractivity contribution in [3.05, 3.63) is 65.9 Å². The Labute approximate surface area is 127 Å². The SMILES string of the molecule is C=C(CCc1cnc[nH]1)NCCc1ccc(C(F)(F)F)cc1. The highest BCUT2D eigenvalue weighted by Crippen LogP contribution is 2.29. The van der Waals surface area contributed by atoms with Gasteiger partial charge in [-0.1, -0.05) is 18.7 Å². The summed E-state index contributed by atoms with van der Waals surface area (Å²) >= 11 is 0. The number of hydrogen-bond acceptors (Lipinski definition) is 2. The minimum atomic E-state index is -4.28. The summed E-state index contributed by atoms with van der Waals surface area (Å²) in [6.07, 6.45) is 1.39. The van der Waals surface area contributed by atoms with Gasteiger partial charge in [-0.2, -0.15) is 13.2 Å². The van der Waals surface area contributed by atoms with Gasteiger partial charge in [-0.3, -0.25) is 0 Å². The van der Waals surface area contributed by atoms with Crippen LogP contribution in [0, 0.1) is 0 Å². The minimum Gasteiger partial charge on any atom is -0.388 e. The molecule has 3 nitrogen and oxygen atoms in total. The molecule has 0 aliphatic rings. The molecule has 2 aromatic rings. The number of allylic oxidation sites excluding steroid dienone is 1. The molecule has 0 aliphatic heterocycles. The summed E-state index contributed by atoms with van der Waals surface area (Å²) in [5.41, 5.74) is 2.20. The lowest BCUT2D eigenvalue weighted by Crippen LogP contribution is -2.16. The molecule has 0 spiro atoms. The van der Waals surface area contributed by atoms with E-state index in [0.717, 1.165) is 41.9 Å². The van der Waals surface area contributed by atoms with Gasteiger partial charge in [0, 0.05) is 24.1 Å². The lowest BCUT2D eigenvalue weighted by molar-refractivity contribution is -0.137. The average Bonchev–Trinajstić information content (AvgIpc) is 2.98. The van der Waals surface area contributed by atoms with E-state index in [9.17, 15) is 13.2 Å². The van der Waals surface area contributed by atoms with E-state index < -0.39 is 11.7 Å². The summed E-state index contributed by atoms with van der Waals surface area (Å²) in [7, 11) is 0. The zero-order valence-corrected chi connectivity index (χ0v) is 12.1. The number of nitrogens with zero attached hydrogens (tertiary/aromatic N) is 1. The number of nitrogens with one attached hydrogen (secondary N) is 2. The summed E-state index contributed by atoms with van der Waals surface area (Å²) in [5.74, 6) is 0. The monoisotopic (exact) mass is 309 g/mol. The molecule has 0 saturated carbocycles. The molecule has 1 aromatic carbocycles. The van der Waals surface area contributed by atoms with Crippen molar-refractivity contribution in [2.75, 3.05) is 6.54 Å². The molecule has 0 radical (unpaired) electrons. The summed E-state index contributed by atoms with van der Waals surface area (Å²) in [6.45, 7) is 4.58. The summed E-state index contributed by atoms with van der Waals surface area (Å²) in [4.78, 5) is 6.96. The van der Waals surface area contributed by atoms with Crippen molar-refractivity contribution in [2.24, 2.45) is 0 Å². The highest BCUT2D eigenvalue weighted by atomic mass is 19.4. The normalized spacial score (nSPS) is 11.4. The first kappa shape index (κ1) is 16.1. The van der Waals surface area contributed by atoms with Crippen LogP contribution in [-0.2, 0) is 19.0 Å². The van der Waals surface area contributed by atoms with Crippen LogP contribution in [0.25, 0.3) is 0 Å². The molecule has 1 heterocycles. The fraction of sp³-hybridized carbons (Fsp3) is 0.312. The Morgan fingerprint density at radius 1 is 1.18 bits per heavy atom. The predicted octanol–water partition coefficient (Wildman–Crippen LogP) is 3.71.